The van der Waals surface area contributed by atoms with Gasteiger partial charge in [0.25, 0.3) is 0 Å². The van der Waals surface area contributed by atoms with Crippen molar-refractivity contribution in [3.63, 3.8) is 0 Å². The minimum absolute atomic E-state index is 0.104. The summed E-state index contributed by atoms with van der Waals surface area (Å²) in [6.07, 6.45) is 1.66. The molecule has 1 aromatic rings. The number of benzene rings is 1. The van der Waals surface area contributed by atoms with Crippen molar-refractivity contribution in [2.24, 2.45) is 0 Å². The van der Waals surface area contributed by atoms with Gasteiger partial charge in [-0.05, 0) is 18.2 Å². The van der Waals surface area contributed by atoms with E-state index in [2.05, 4.69) is 5.32 Å². The Morgan fingerprint density at radius 2 is 2.00 bits per heavy atom. The molecule has 0 bridgehead atoms. The van der Waals surface area contributed by atoms with E-state index in [9.17, 15) is 9.59 Å². The van der Waals surface area contributed by atoms with Crippen molar-refractivity contribution in [3.8, 4) is 0 Å². The Morgan fingerprint density at radius 3 is 2.62 bits per heavy atom. The number of fused-ring (bicyclic) bond motifs is 1. The van der Waals surface area contributed by atoms with Crippen molar-refractivity contribution in [1.82, 2.24) is 0 Å². The number of rotatable bonds is 1. The topological polar surface area (TPSA) is 89.9 Å². The fourth-order valence-electron chi connectivity index (χ4n) is 1.44. The lowest BCUT2D eigenvalue weighted by Gasteiger charge is -2.22. The van der Waals surface area contributed by atoms with Crippen LogP contribution in [0.4, 0.5) is 16.2 Å². The average Bonchev–Trinajstić information content (AvgIpc) is 2.27. The van der Waals surface area contributed by atoms with Crippen LogP contribution in [0.15, 0.2) is 30.6 Å². The van der Waals surface area contributed by atoms with Gasteiger partial charge < -0.3 is 15.5 Å². The van der Waals surface area contributed by atoms with E-state index in [1.54, 1.807) is 0 Å². The van der Waals surface area contributed by atoms with Crippen LogP contribution in [-0.4, -0.2) is 22.3 Å². The molecule has 1 amide bonds. The number of carboxylic acid groups (broad SMARTS) is 2. The van der Waals surface area contributed by atoms with Gasteiger partial charge in [-0.15, -0.1) is 0 Å². The van der Waals surface area contributed by atoms with E-state index in [1.807, 2.05) is 0 Å². The maximum Gasteiger partial charge on any atom is 0.416 e. The molecule has 1 aliphatic heterocycles. The van der Waals surface area contributed by atoms with Gasteiger partial charge in [0.2, 0.25) is 0 Å². The molecule has 82 valence electrons. The molecule has 16 heavy (non-hydrogen) atoms. The van der Waals surface area contributed by atoms with E-state index in [0.29, 0.717) is 11.4 Å². The van der Waals surface area contributed by atoms with Gasteiger partial charge in [0, 0.05) is 12.4 Å². The highest BCUT2D eigenvalue weighted by atomic mass is 16.4. The molecule has 0 aliphatic carbocycles. The summed E-state index contributed by atoms with van der Waals surface area (Å²) in [7, 11) is 0. The third kappa shape index (κ3) is 1.56. The first kappa shape index (κ1) is 10.0. The molecule has 0 unspecified atom stereocenters. The number of hydrogen-bond donors (Lipinski definition) is 3. The number of hydrogen-bond acceptors (Lipinski definition) is 3. The Morgan fingerprint density at radius 1 is 1.25 bits per heavy atom. The lowest BCUT2D eigenvalue weighted by molar-refractivity contribution is 0.0697. The molecular formula is C10H8N2O4. The Balaban J connectivity index is 2.47. The first-order valence-electron chi connectivity index (χ1n) is 4.42. The minimum atomic E-state index is -1.12. The first-order valence-corrected chi connectivity index (χ1v) is 4.42. The number of nitrogens with zero attached hydrogens (tertiary/aromatic N) is 1. The smallest absolute Gasteiger partial charge is 0.416 e. The number of amides is 1. The zero-order valence-corrected chi connectivity index (χ0v) is 8.04. The summed E-state index contributed by atoms with van der Waals surface area (Å²) < 4.78 is 0. The maximum absolute atomic E-state index is 10.9. The second kappa shape index (κ2) is 3.58. The van der Waals surface area contributed by atoms with Crippen molar-refractivity contribution in [1.29, 1.82) is 0 Å². The van der Waals surface area contributed by atoms with Crippen molar-refractivity contribution < 1.29 is 19.8 Å². The van der Waals surface area contributed by atoms with Gasteiger partial charge in [0.15, 0.2) is 0 Å². The Hall–Kier alpha value is -2.50. The van der Waals surface area contributed by atoms with Gasteiger partial charge in [-0.2, -0.15) is 0 Å². The van der Waals surface area contributed by atoms with E-state index in [0.717, 1.165) is 4.90 Å². The predicted molar refractivity (Wildman–Crippen MR) is 56.7 cm³/mol. The standard InChI is InChI=1S/C10H8N2O4/c13-9(14)6-1-2-8-7(5-6)11-3-4-12(8)10(15)16/h1-5,11H,(H,13,14)(H,15,16). The molecule has 1 heterocycles. The van der Waals surface area contributed by atoms with Crippen LogP contribution in [0.25, 0.3) is 0 Å². The fraction of sp³-hybridized carbons (Fsp3) is 0. The van der Waals surface area contributed by atoms with E-state index < -0.39 is 12.1 Å². The van der Waals surface area contributed by atoms with Gasteiger partial charge in [-0.1, -0.05) is 0 Å². The second-order valence-corrected chi connectivity index (χ2v) is 3.15. The molecule has 0 aromatic heterocycles. The van der Waals surface area contributed by atoms with Gasteiger partial charge in [0.1, 0.15) is 0 Å². The number of carboxylic acids is 1. The van der Waals surface area contributed by atoms with Crippen LogP contribution in [0.2, 0.25) is 0 Å². The highest BCUT2D eigenvalue weighted by Crippen LogP contribution is 2.30. The summed E-state index contributed by atoms with van der Waals surface area (Å²) >= 11 is 0. The number of nitrogens with one attached hydrogen (secondary N) is 1. The first-order chi connectivity index (χ1) is 7.59. The number of aromatic carboxylic acids is 1. The Kier molecular flexibility index (Phi) is 2.24. The molecule has 0 radical (unpaired) electrons. The van der Waals surface area contributed by atoms with Gasteiger partial charge in [-0.3, -0.25) is 0 Å². The van der Waals surface area contributed by atoms with Crippen LogP contribution < -0.4 is 10.2 Å². The van der Waals surface area contributed by atoms with E-state index in [1.165, 1.54) is 30.6 Å². The molecule has 0 fully saturated rings. The fourth-order valence-corrected chi connectivity index (χ4v) is 1.44. The van der Waals surface area contributed by atoms with Crippen LogP contribution in [0.5, 0.6) is 0 Å². The summed E-state index contributed by atoms with van der Waals surface area (Å²) in [4.78, 5) is 22.6. The van der Waals surface area contributed by atoms with Crippen LogP contribution in [0.1, 0.15) is 10.4 Å². The van der Waals surface area contributed by atoms with Gasteiger partial charge >= 0.3 is 12.1 Å². The highest BCUT2D eigenvalue weighted by molar-refractivity contribution is 5.97. The minimum Gasteiger partial charge on any atom is -0.478 e. The largest absolute Gasteiger partial charge is 0.478 e. The molecule has 6 nitrogen and oxygen atoms in total. The van der Waals surface area contributed by atoms with Crippen molar-refractivity contribution in [2.75, 3.05) is 10.2 Å². The lowest BCUT2D eigenvalue weighted by Crippen LogP contribution is -2.26. The molecule has 2 rings (SSSR count). The molecule has 0 spiro atoms. The summed E-state index contributed by atoms with van der Waals surface area (Å²) in [6, 6.07) is 4.19. The van der Waals surface area contributed by atoms with Crippen LogP contribution in [-0.2, 0) is 0 Å². The molecule has 3 N–H and O–H groups in total. The monoisotopic (exact) mass is 220 g/mol. The Labute approximate surface area is 90.4 Å². The third-order valence-electron chi connectivity index (χ3n) is 2.17. The summed E-state index contributed by atoms with van der Waals surface area (Å²) in [5.74, 6) is -1.05. The SMILES string of the molecule is O=C(O)c1ccc2c(c1)NC=CN2C(=O)O. The lowest BCUT2D eigenvalue weighted by atomic mass is 10.1. The molecule has 0 saturated carbocycles. The van der Waals surface area contributed by atoms with Crippen LogP contribution >= 0.6 is 0 Å². The molecule has 0 saturated heterocycles. The quantitative estimate of drug-likeness (QED) is 0.671. The molecule has 0 atom stereocenters. The predicted octanol–water partition coefficient (Wildman–Crippen LogP) is 1.77. The van der Waals surface area contributed by atoms with E-state index in [4.69, 9.17) is 10.2 Å². The maximum atomic E-state index is 10.9. The number of carbonyl (C=O) groups is 2. The molecule has 1 aromatic carbocycles. The van der Waals surface area contributed by atoms with E-state index in [-0.39, 0.29) is 5.56 Å². The number of anilines is 2. The van der Waals surface area contributed by atoms with Crippen molar-refractivity contribution in [3.05, 3.63) is 36.2 Å². The summed E-state index contributed by atoms with van der Waals surface area (Å²) in [6.45, 7) is 0. The highest BCUT2D eigenvalue weighted by Gasteiger charge is 2.19. The van der Waals surface area contributed by atoms with Gasteiger partial charge in [0.05, 0.1) is 16.9 Å². The van der Waals surface area contributed by atoms with Gasteiger partial charge in [-0.25, -0.2) is 14.5 Å². The zero-order valence-electron chi connectivity index (χ0n) is 8.04. The Bertz CT molecular complexity index is 496. The molecule has 1 aliphatic rings. The summed E-state index contributed by atoms with van der Waals surface area (Å²) in [5.41, 5.74) is 0.955. The second-order valence-electron chi connectivity index (χ2n) is 3.15. The zero-order chi connectivity index (χ0) is 11.7. The van der Waals surface area contributed by atoms with E-state index >= 15 is 0 Å². The molecular weight excluding hydrogens is 212 g/mol. The summed E-state index contributed by atoms with van der Waals surface area (Å²) in [5, 5.41) is 20.5. The average molecular weight is 220 g/mol. The van der Waals surface area contributed by atoms with Crippen molar-refractivity contribution >= 4 is 23.4 Å². The third-order valence-corrected chi connectivity index (χ3v) is 2.17. The van der Waals surface area contributed by atoms with Crippen LogP contribution in [0.3, 0.4) is 0 Å². The molecule has 6 heteroatoms. The van der Waals surface area contributed by atoms with Crippen LogP contribution in [0, 0.1) is 0 Å². The van der Waals surface area contributed by atoms with Crippen molar-refractivity contribution in [2.45, 2.75) is 0 Å². The normalized spacial score (nSPS) is 12.9.